The number of fused-ring (bicyclic) bond motifs is 1. The van der Waals surface area contributed by atoms with Crippen molar-refractivity contribution in [3.8, 4) is 6.07 Å². The highest BCUT2D eigenvalue weighted by molar-refractivity contribution is 8.00. The first-order chi connectivity index (χ1) is 14.6. The summed E-state index contributed by atoms with van der Waals surface area (Å²) >= 11 is 7.46. The molecule has 0 spiro atoms. The molecule has 0 radical (unpaired) electrons. The number of carbonyl (C=O) groups is 1. The summed E-state index contributed by atoms with van der Waals surface area (Å²) in [6.45, 7) is 10.7. The van der Waals surface area contributed by atoms with Crippen LogP contribution in [0.25, 0.3) is 0 Å². The van der Waals surface area contributed by atoms with E-state index < -0.39 is 0 Å². The van der Waals surface area contributed by atoms with Crippen LogP contribution < -0.4 is 5.32 Å². The second-order valence-corrected chi connectivity index (χ2v) is 11.0. The van der Waals surface area contributed by atoms with Crippen LogP contribution in [0.5, 0.6) is 0 Å². The number of carbonyl (C=O) groups excluding carboxylic acids is 1. The van der Waals surface area contributed by atoms with Gasteiger partial charge in [0.1, 0.15) is 11.1 Å². The number of nitrogens with one attached hydrogen (secondary N) is 1. The highest BCUT2D eigenvalue weighted by Gasteiger charge is 2.30. The molecule has 0 bridgehead atoms. The van der Waals surface area contributed by atoms with Crippen molar-refractivity contribution in [2.24, 2.45) is 11.3 Å². The molecule has 2 unspecified atom stereocenters. The number of anilines is 1. The number of amides is 1. The molecule has 3 rings (SSSR count). The third-order valence-electron chi connectivity index (χ3n) is 6.07. The van der Waals surface area contributed by atoms with Crippen molar-refractivity contribution < 1.29 is 4.79 Å². The molecule has 0 fully saturated rings. The predicted octanol–water partition coefficient (Wildman–Crippen LogP) is 6.58. The number of thioether (sulfide) groups is 1. The van der Waals surface area contributed by atoms with Crippen LogP contribution in [0, 0.1) is 29.6 Å². The van der Waals surface area contributed by atoms with Gasteiger partial charge >= 0.3 is 0 Å². The fourth-order valence-corrected chi connectivity index (χ4v) is 5.12. The summed E-state index contributed by atoms with van der Waals surface area (Å²) in [5.74, 6) is 0.482. The maximum absolute atomic E-state index is 13.0. The van der Waals surface area contributed by atoms with Crippen LogP contribution in [0.2, 0.25) is 5.02 Å². The smallest absolute Gasteiger partial charge is 0.237 e. The minimum absolute atomic E-state index is 0.103. The van der Waals surface area contributed by atoms with E-state index in [-0.39, 0.29) is 16.6 Å². The van der Waals surface area contributed by atoms with E-state index in [1.54, 1.807) is 12.1 Å². The van der Waals surface area contributed by atoms with Crippen LogP contribution in [-0.2, 0) is 17.6 Å². The van der Waals surface area contributed by atoms with Gasteiger partial charge in [0.15, 0.2) is 0 Å². The number of nitriles is 1. The summed E-state index contributed by atoms with van der Waals surface area (Å²) in [5, 5.41) is 13.6. The quantitative estimate of drug-likeness (QED) is 0.517. The number of aryl methyl sites for hydroxylation is 2. The first-order valence-corrected chi connectivity index (χ1v) is 12.0. The Balaban J connectivity index is 1.81. The van der Waals surface area contributed by atoms with E-state index in [4.69, 9.17) is 16.6 Å². The van der Waals surface area contributed by atoms with Crippen LogP contribution in [-0.4, -0.2) is 16.1 Å². The summed E-state index contributed by atoms with van der Waals surface area (Å²) in [4.78, 5) is 17.8. The molecule has 2 atom stereocenters. The molecule has 1 aromatic heterocycles. The lowest BCUT2D eigenvalue weighted by atomic mass is 9.71. The molecule has 1 heterocycles. The van der Waals surface area contributed by atoms with Crippen molar-refractivity contribution in [1.29, 1.82) is 5.26 Å². The SMILES string of the molecule is CCC(Sc1nc2c(cc1C#N)CC(C(C)(C)C)CC2)C(=O)Nc1cc(Cl)ccc1C. The molecule has 1 amide bonds. The van der Waals surface area contributed by atoms with Gasteiger partial charge in [0, 0.05) is 16.4 Å². The molecule has 2 aromatic rings. The number of hydrogen-bond donors (Lipinski definition) is 1. The van der Waals surface area contributed by atoms with Gasteiger partial charge in [0.25, 0.3) is 0 Å². The molecule has 1 aliphatic carbocycles. The van der Waals surface area contributed by atoms with E-state index in [1.807, 2.05) is 26.0 Å². The van der Waals surface area contributed by atoms with Crippen molar-refractivity contribution in [2.75, 3.05) is 5.32 Å². The topological polar surface area (TPSA) is 65.8 Å². The highest BCUT2D eigenvalue weighted by Crippen LogP contribution is 2.38. The van der Waals surface area contributed by atoms with Gasteiger partial charge in [-0.15, -0.1) is 0 Å². The average Bonchev–Trinajstić information content (AvgIpc) is 2.72. The molecule has 164 valence electrons. The molecular formula is C25H30ClN3OS. The highest BCUT2D eigenvalue weighted by atomic mass is 35.5. The number of pyridine rings is 1. The maximum Gasteiger partial charge on any atom is 0.237 e. The molecular weight excluding hydrogens is 426 g/mol. The van der Waals surface area contributed by atoms with E-state index in [1.165, 1.54) is 17.3 Å². The first kappa shape index (κ1) is 23.6. The first-order valence-electron chi connectivity index (χ1n) is 10.8. The van der Waals surface area contributed by atoms with Gasteiger partial charge in [0.2, 0.25) is 5.91 Å². The van der Waals surface area contributed by atoms with Crippen LogP contribution in [0.3, 0.4) is 0 Å². The van der Waals surface area contributed by atoms with Gasteiger partial charge in [-0.05, 0) is 73.3 Å². The molecule has 6 heteroatoms. The lowest BCUT2D eigenvalue weighted by molar-refractivity contribution is -0.115. The molecule has 0 saturated heterocycles. The Morgan fingerprint density at radius 2 is 2.13 bits per heavy atom. The molecule has 4 nitrogen and oxygen atoms in total. The molecule has 1 aliphatic rings. The van der Waals surface area contributed by atoms with Crippen LogP contribution in [0.15, 0.2) is 29.3 Å². The third kappa shape index (κ3) is 5.61. The van der Waals surface area contributed by atoms with Crippen LogP contribution >= 0.6 is 23.4 Å². The van der Waals surface area contributed by atoms with E-state index in [2.05, 4.69) is 32.2 Å². The van der Waals surface area contributed by atoms with Gasteiger partial charge in [0.05, 0.1) is 10.8 Å². The number of nitrogens with zero attached hydrogens (tertiary/aromatic N) is 2. The van der Waals surface area contributed by atoms with Crippen LogP contribution in [0.4, 0.5) is 5.69 Å². The number of rotatable bonds is 5. The van der Waals surface area contributed by atoms with Crippen molar-refractivity contribution in [1.82, 2.24) is 4.98 Å². The van der Waals surface area contributed by atoms with Gasteiger partial charge < -0.3 is 5.32 Å². The summed E-state index contributed by atoms with van der Waals surface area (Å²) in [7, 11) is 0. The lowest BCUT2D eigenvalue weighted by Gasteiger charge is -2.34. The Morgan fingerprint density at radius 3 is 2.77 bits per heavy atom. The van der Waals surface area contributed by atoms with Gasteiger partial charge in [-0.1, -0.05) is 57.1 Å². The Labute approximate surface area is 194 Å². The van der Waals surface area contributed by atoms with E-state index in [0.717, 1.165) is 30.5 Å². The monoisotopic (exact) mass is 455 g/mol. The summed E-state index contributed by atoms with van der Waals surface area (Å²) in [6.07, 6.45) is 3.61. The number of benzene rings is 1. The van der Waals surface area contributed by atoms with E-state index in [0.29, 0.717) is 33.6 Å². The second-order valence-electron chi connectivity index (χ2n) is 9.33. The molecule has 0 saturated carbocycles. The van der Waals surface area contributed by atoms with E-state index >= 15 is 0 Å². The van der Waals surface area contributed by atoms with Crippen LogP contribution in [0.1, 0.15) is 62.9 Å². The zero-order valence-corrected chi connectivity index (χ0v) is 20.5. The Kier molecular flexibility index (Phi) is 7.34. The molecule has 31 heavy (non-hydrogen) atoms. The molecule has 0 aliphatic heterocycles. The number of halogens is 1. The number of aromatic nitrogens is 1. The van der Waals surface area contributed by atoms with Gasteiger partial charge in [-0.25, -0.2) is 4.98 Å². The average molecular weight is 456 g/mol. The minimum Gasteiger partial charge on any atom is -0.325 e. The molecule has 1 N–H and O–H groups in total. The number of hydrogen-bond acceptors (Lipinski definition) is 4. The third-order valence-corrected chi connectivity index (χ3v) is 7.67. The zero-order chi connectivity index (χ0) is 22.8. The maximum atomic E-state index is 13.0. The van der Waals surface area contributed by atoms with Gasteiger partial charge in [-0.3, -0.25) is 4.79 Å². The Hall–Kier alpha value is -2.03. The summed E-state index contributed by atoms with van der Waals surface area (Å²) in [5.41, 5.74) is 4.71. The fourth-order valence-electron chi connectivity index (χ4n) is 3.95. The van der Waals surface area contributed by atoms with Crippen molar-refractivity contribution in [3.05, 3.63) is 51.7 Å². The summed E-state index contributed by atoms with van der Waals surface area (Å²) < 4.78 is 0. The van der Waals surface area contributed by atoms with Gasteiger partial charge in [-0.2, -0.15) is 5.26 Å². The Bertz CT molecular complexity index is 1020. The van der Waals surface area contributed by atoms with E-state index in [9.17, 15) is 10.1 Å². The standard InChI is InChI=1S/C25H30ClN3OS/c1-6-22(23(30)28-21-13-19(26)9-7-15(21)2)31-24-17(14-27)11-16-12-18(25(3,4)5)8-10-20(16)29-24/h7,9,11,13,18,22H,6,8,10,12H2,1-5H3,(H,28,30). The fraction of sp³-hybridized carbons (Fsp3) is 0.480. The largest absolute Gasteiger partial charge is 0.325 e. The predicted molar refractivity (Wildman–Crippen MR) is 129 cm³/mol. The van der Waals surface area contributed by atoms with Crippen molar-refractivity contribution >= 4 is 35.0 Å². The zero-order valence-electron chi connectivity index (χ0n) is 18.9. The Morgan fingerprint density at radius 1 is 1.39 bits per heavy atom. The summed E-state index contributed by atoms with van der Waals surface area (Å²) in [6, 6.07) is 9.74. The minimum atomic E-state index is -0.345. The normalized spacial score (nSPS) is 16.9. The van der Waals surface area contributed by atoms with Crippen molar-refractivity contribution in [2.45, 2.75) is 70.6 Å². The molecule has 1 aromatic carbocycles. The second kappa shape index (κ2) is 9.63. The van der Waals surface area contributed by atoms with Crippen molar-refractivity contribution in [3.63, 3.8) is 0 Å². The lowest BCUT2D eigenvalue weighted by Crippen LogP contribution is -2.28.